The van der Waals surface area contributed by atoms with Crippen LogP contribution in [0.15, 0.2) is 60.2 Å². The van der Waals surface area contributed by atoms with Gasteiger partial charge in [-0.2, -0.15) is 0 Å². The number of carbonyl (C=O) groups excluding carboxylic acids is 3. The molecule has 1 aliphatic heterocycles. The molecular formula is C30H39N4O5S+. The zero-order valence-corrected chi connectivity index (χ0v) is 24.0. The van der Waals surface area contributed by atoms with Gasteiger partial charge in [0, 0.05) is 12.0 Å². The van der Waals surface area contributed by atoms with Crippen LogP contribution in [0.3, 0.4) is 0 Å². The molecule has 214 valence electrons. The van der Waals surface area contributed by atoms with Gasteiger partial charge in [-0.25, -0.2) is 9.59 Å². The van der Waals surface area contributed by atoms with Gasteiger partial charge in [0.25, 0.3) is 0 Å². The second-order valence-corrected chi connectivity index (χ2v) is 11.8. The molecule has 10 heteroatoms. The van der Waals surface area contributed by atoms with Crippen molar-refractivity contribution in [2.24, 2.45) is 0 Å². The topological polar surface area (TPSA) is 117 Å². The zero-order chi connectivity index (χ0) is 28.5. The maximum absolute atomic E-state index is 13.5. The van der Waals surface area contributed by atoms with Crippen molar-refractivity contribution in [3.8, 4) is 5.75 Å². The lowest BCUT2D eigenvalue weighted by Gasteiger charge is -2.42. The van der Waals surface area contributed by atoms with Crippen LogP contribution in [0, 0.1) is 0 Å². The molecule has 2 aromatic rings. The largest absolute Gasteiger partial charge is 0.508 e. The van der Waals surface area contributed by atoms with E-state index < -0.39 is 18.0 Å². The highest BCUT2D eigenvalue weighted by Gasteiger charge is 2.34. The quantitative estimate of drug-likeness (QED) is 0.251. The van der Waals surface area contributed by atoms with Crippen molar-refractivity contribution in [1.82, 2.24) is 10.6 Å². The molecule has 1 saturated heterocycles. The Labute approximate surface area is 239 Å². The molecule has 4 rings (SSSR count). The minimum Gasteiger partial charge on any atom is -0.508 e. The molecule has 0 spiro atoms. The number of carbonyl (C=O) groups is 3. The van der Waals surface area contributed by atoms with Crippen LogP contribution in [0.4, 0.5) is 9.80 Å². The number of nitrogens with zero attached hydrogens (tertiary/aromatic N) is 1. The highest BCUT2D eigenvalue weighted by atomic mass is 32.1. The number of thiophene rings is 1. The number of nitrogens with one attached hydrogen (secondary N) is 3. The van der Waals surface area contributed by atoms with Crippen LogP contribution >= 0.6 is 11.3 Å². The average molecular weight is 568 g/mol. The first kappa shape index (κ1) is 29.4. The van der Waals surface area contributed by atoms with Gasteiger partial charge in [-0.1, -0.05) is 30.4 Å². The van der Waals surface area contributed by atoms with Gasteiger partial charge in [0.2, 0.25) is 5.91 Å². The summed E-state index contributed by atoms with van der Waals surface area (Å²) in [6.07, 6.45) is 11.1. The van der Waals surface area contributed by atoms with Gasteiger partial charge in [-0.3, -0.25) is 10.1 Å². The van der Waals surface area contributed by atoms with Gasteiger partial charge in [0.1, 0.15) is 23.2 Å². The third-order valence-corrected chi connectivity index (χ3v) is 8.19. The summed E-state index contributed by atoms with van der Waals surface area (Å²) in [7, 11) is 2.24. The van der Waals surface area contributed by atoms with Crippen LogP contribution in [0.5, 0.6) is 5.75 Å². The Bertz CT molecular complexity index is 1260. The number of urea groups is 1. The molecule has 2 heterocycles. The molecule has 1 fully saturated rings. The third kappa shape index (κ3) is 8.43. The summed E-state index contributed by atoms with van der Waals surface area (Å²) >= 11 is 1.11. The molecule has 1 aromatic heterocycles. The first-order valence-corrected chi connectivity index (χ1v) is 14.7. The zero-order valence-electron chi connectivity index (χ0n) is 23.2. The standard InChI is InChI=1S/C30H38N4O5S/c1-3-39-29(37)26-15-16-27(40-26)33-30(38)32-25(18-21-11-13-24(35)14-12-21)28(36)31-23-10-7-17-34(2,20-23)19-22-8-5-4-6-9-22/h5,8-9,11-16,23,25H,3-4,6-7,10,17-20H2,1-2H3,(H3-,31,32,33,35,36,37,38)/p+1/t23-,25-,34?/m0/s1. The summed E-state index contributed by atoms with van der Waals surface area (Å²) in [5, 5.41) is 18.9. The summed E-state index contributed by atoms with van der Waals surface area (Å²) in [6, 6.07) is 8.43. The fourth-order valence-electron chi connectivity index (χ4n) is 5.32. The van der Waals surface area contributed by atoms with Crippen LogP contribution in [0.25, 0.3) is 0 Å². The number of aromatic hydroxyl groups is 1. The van der Waals surface area contributed by atoms with Gasteiger partial charge in [-0.05, 0) is 62.4 Å². The van der Waals surface area contributed by atoms with E-state index in [0.717, 1.165) is 66.7 Å². The van der Waals surface area contributed by atoms with Gasteiger partial charge >= 0.3 is 12.0 Å². The Morgan fingerprint density at radius 2 is 1.95 bits per heavy atom. The van der Waals surface area contributed by atoms with E-state index in [1.165, 1.54) is 5.57 Å². The van der Waals surface area contributed by atoms with Crippen molar-refractivity contribution in [2.75, 3.05) is 38.6 Å². The predicted molar refractivity (Wildman–Crippen MR) is 156 cm³/mol. The van der Waals surface area contributed by atoms with Gasteiger partial charge in [-0.15, -0.1) is 11.3 Å². The summed E-state index contributed by atoms with van der Waals surface area (Å²) in [5.41, 5.74) is 2.16. The van der Waals surface area contributed by atoms with E-state index in [-0.39, 0.29) is 30.7 Å². The van der Waals surface area contributed by atoms with Crippen LogP contribution in [0.1, 0.15) is 47.8 Å². The Hall–Kier alpha value is -3.63. The minimum absolute atomic E-state index is 0.00367. The molecule has 1 aromatic carbocycles. The average Bonchev–Trinajstić information content (AvgIpc) is 3.38. The number of hydrogen-bond donors (Lipinski definition) is 4. The van der Waals surface area contributed by atoms with Crippen molar-refractivity contribution in [2.45, 2.75) is 51.1 Å². The summed E-state index contributed by atoms with van der Waals surface area (Å²) in [6.45, 7) is 4.82. The molecular weight excluding hydrogens is 528 g/mol. The molecule has 3 amide bonds. The van der Waals surface area contributed by atoms with Gasteiger partial charge in [0.15, 0.2) is 0 Å². The smallest absolute Gasteiger partial charge is 0.348 e. The molecule has 9 nitrogen and oxygen atoms in total. The third-order valence-electron chi connectivity index (χ3n) is 7.21. The first-order chi connectivity index (χ1) is 19.2. The molecule has 0 saturated carbocycles. The number of allylic oxidation sites excluding steroid dienone is 2. The highest BCUT2D eigenvalue weighted by Crippen LogP contribution is 2.24. The summed E-state index contributed by atoms with van der Waals surface area (Å²) in [4.78, 5) is 38.8. The second kappa shape index (κ2) is 13.6. The number of quaternary nitrogens is 1. The van der Waals surface area contributed by atoms with Crippen molar-refractivity contribution in [3.63, 3.8) is 0 Å². The second-order valence-electron chi connectivity index (χ2n) is 10.7. The monoisotopic (exact) mass is 567 g/mol. The lowest BCUT2D eigenvalue weighted by Crippen LogP contribution is -2.60. The SMILES string of the molecule is CCOC(=O)c1ccc(NC(=O)N[C@@H](Cc2ccc(O)cc2)C(=O)N[C@H]2CCC[N+](C)(CC3=CCCC=C3)C2)s1. The minimum atomic E-state index is -0.835. The number of rotatable bonds is 10. The number of phenols is 1. The van der Waals surface area contributed by atoms with Crippen molar-refractivity contribution in [1.29, 1.82) is 0 Å². The number of hydrogen-bond acceptors (Lipinski definition) is 6. The van der Waals surface area contributed by atoms with Crippen LogP contribution in [0.2, 0.25) is 0 Å². The van der Waals surface area contributed by atoms with E-state index in [1.807, 2.05) is 0 Å². The van der Waals surface area contributed by atoms with Crippen molar-refractivity contribution < 1.29 is 28.7 Å². The first-order valence-electron chi connectivity index (χ1n) is 13.8. The highest BCUT2D eigenvalue weighted by molar-refractivity contribution is 7.18. The number of benzene rings is 1. The lowest BCUT2D eigenvalue weighted by atomic mass is 9.99. The number of amides is 3. The molecule has 0 radical (unpaired) electrons. The number of anilines is 1. The number of phenolic OH excluding ortho intramolecular Hbond substituents is 1. The maximum Gasteiger partial charge on any atom is 0.348 e. The molecule has 40 heavy (non-hydrogen) atoms. The molecule has 1 unspecified atom stereocenters. The normalized spacial score (nSPS) is 21.1. The number of likely N-dealkylation sites (N-methyl/N-ethyl adjacent to an activating group) is 1. The van der Waals surface area contributed by atoms with Gasteiger partial charge in [0.05, 0.1) is 37.8 Å². The van der Waals surface area contributed by atoms with E-state index in [0.29, 0.717) is 9.88 Å². The van der Waals surface area contributed by atoms with E-state index in [9.17, 15) is 19.5 Å². The van der Waals surface area contributed by atoms with Crippen molar-refractivity contribution in [3.05, 3.63) is 70.6 Å². The molecule has 0 bridgehead atoms. The van der Waals surface area contributed by atoms with Gasteiger partial charge < -0.3 is 25.0 Å². The van der Waals surface area contributed by atoms with E-state index >= 15 is 0 Å². The Kier molecular flexibility index (Phi) is 10.0. The van der Waals surface area contributed by atoms with Crippen LogP contribution < -0.4 is 16.0 Å². The summed E-state index contributed by atoms with van der Waals surface area (Å²) < 4.78 is 5.87. The Balaban J connectivity index is 1.41. The predicted octanol–water partition coefficient (Wildman–Crippen LogP) is 4.36. The molecule has 2 aliphatic rings. The van der Waals surface area contributed by atoms with E-state index in [2.05, 4.69) is 41.2 Å². The number of piperidine rings is 1. The Morgan fingerprint density at radius 3 is 2.67 bits per heavy atom. The fraction of sp³-hybridized carbons (Fsp3) is 0.433. The fourth-order valence-corrected chi connectivity index (χ4v) is 6.12. The van der Waals surface area contributed by atoms with E-state index in [1.54, 1.807) is 43.3 Å². The Morgan fingerprint density at radius 1 is 1.15 bits per heavy atom. The molecule has 4 N–H and O–H groups in total. The summed E-state index contributed by atoms with van der Waals surface area (Å²) in [5.74, 6) is -0.566. The number of esters is 1. The number of ether oxygens (including phenoxy) is 1. The molecule has 3 atom stereocenters. The van der Waals surface area contributed by atoms with Crippen LogP contribution in [-0.2, 0) is 16.0 Å². The van der Waals surface area contributed by atoms with E-state index in [4.69, 9.17) is 4.74 Å². The lowest BCUT2D eigenvalue weighted by molar-refractivity contribution is -0.910. The maximum atomic E-state index is 13.5. The number of likely N-dealkylation sites (tertiary alicyclic amines) is 1. The molecule has 1 aliphatic carbocycles. The van der Waals surface area contributed by atoms with Crippen molar-refractivity contribution >= 4 is 34.2 Å². The van der Waals surface area contributed by atoms with Crippen LogP contribution in [-0.4, -0.2) is 72.9 Å².